The summed E-state index contributed by atoms with van der Waals surface area (Å²) in [6.45, 7) is 30.3. The summed E-state index contributed by atoms with van der Waals surface area (Å²) in [5, 5.41) is 0. The Balaban J connectivity index is -0.000000125. The minimum atomic E-state index is -0.0675. The second-order valence-electron chi connectivity index (χ2n) is 9.04. The first-order chi connectivity index (χ1) is 14.4. The molecule has 200 valence electrons. The van der Waals surface area contributed by atoms with E-state index >= 15 is 0 Å². The van der Waals surface area contributed by atoms with Gasteiger partial charge in [-0.1, -0.05) is 97.8 Å². The molecular formula is C31H64O2. The minimum absolute atomic E-state index is 0. The van der Waals surface area contributed by atoms with Gasteiger partial charge in [0.15, 0.2) is 0 Å². The Morgan fingerprint density at radius 3 is 1.39 bits per heavy atom. The molecular weight excluding hydrogens is 404 g/mol. The van der Waals surface area contributed by atoms with Crippen molar-refractivity contribution >= 4 is 5.97 Å². The van der Waals surface area contributed by atoms with Gasteiger partial charge in [0.05, 0.1) is 6.61 Å². The zero-order valence-electron chi connectivity index (χ0n) is 23.4. The average Bonchev–Trinajstić information content (AvgIpc) is 2.75. The quantitative estimate of drug-likeness (QED) is 0.222. The lowest BCUT2D eigenvalue weighted by atomic mass is 9.84. The molecule has 0 heterocycles. The normalized spacial score (nSPS) is 11.6. The van der Waals surface area contributed by atoms with Gasteiger partial charge in [0.1, 0.15) is 0 Å². The number of hydrogen-bond donors (Lipinski definition) is 0. The molecule has 0 atom stereocenters. The van der Waals surface area contributed by atoms with E-state index in [1.165, 1.54) is 36.0 Å². The van der Waals surface area contributed by atoms with Gasteiger partial charge in [0.25, 0.3) is 0 Å². The van der Waals surface area contributed by atoms with Crippen LogP contribution in [-0.4, -0.2) is 12.6 Å². The average molecular weight is 469 g/mol. The van der Waals surface area contributed by atoms with E-state index in [-0.39, 0.29) is 20.8 Å². The van der Waals surface area contributed by atoms with Gasteiger partial charge in [0.2, 0.25) is 0 Å². The lowest BCUT2D eigenvalue weighted by Crippen LogP contribution is -2.09. The van der Waals surface area contributed by atoms with E-state index in [0.29, 0.717) is 18.4 Å². The summed E-state index contributed by atoms with van der Waals surface area (Å²) in [4.78, 5) is 11.1. The van der Waals surface area contributed by atoms with Crippen LogP contribution in [0.3, 0.4) is 0 Å². The monoisotopic (exact) mass is 468 g/mol. The van der Waals surface area contributed by atoms with Crippen LogP contribution >= 0.6 is 0 Å². The lowest BCUT2D eigenvalue weighted by Gasteiger charge is -2.22. The maximum Gasteiger partial charge on any atom is 0.305 e. The predicted octanol–water partition coefficient (Wildman–Crippen LogP) is 11.3. The van der Waals surface area contributed by atoms with Crippen LogP contribution in [0.1, 0.15) is 149 Å². The highest BCUT2D eigenvalue weighted by Crippen LogP contribution is 2.27. The summed E-state index contributed by atoms with van der Waals surface area (Å²) in [5.74, 6) is -0.0675. The number of carbonyl (C=O) groups is 1. The molecule has 0 radical (unpaired) electrons. The minimum Gasteiger partial charge on any atom is -0.466 e. The molecule has 0 bridgehead atoms. The molecule has 0 aliphatic rings. The van der Waals surface area contributed by atoms with E-state index in [4.69, 9.17) is 4.74 Å². The zero-order chi connectivity index (χ0) is 25.0. The third-order valence-corrected chi connectivity index (χ3v) is 6.55. The van der Waals surface area contributed by atoms with E-state index in [9.17, 15) is 4.79 Å². The Morgan fingerprint density at radius 2 is 1.15 bits per heavy atom. The topological polar surface area (TPSA) is 26.3 Å². The van der Waals surface area contributed by atoms with Crippen LogP contribution in [0, 0.1) is 5.41 Å². The SMILES string of the molecule is C.C.C=C(C)C(C)(C)CC.CC/C(C)=C(\C)CC.CCOC(=O)CCC/C(CC)=C(\C)CC. The Bertz CT molecular complexity index is 535. The van der Waals surface area contributed by atoms with E-state index in [0.717, 1.165) is 25.7 Å². The molecule has 0 unspecified atom stereocenters. The number of ether oxygens (including phenoxy) is 1. The summed E-state index contributed by atoms with van der Waals surface area (Å²) in [6, 6.07) is 0. The van der Waals surface area contributed by atoms with Crippen molar-refractivity contribution < 1.29 is 9.53 Å². The summed E-state index contributed by atoms with van der Waals surface area (Å²) in [7, 11) is 0. The van der Waals surface area contributed by atoms with Gasteiger partial charge in [-0.25, -0.2) is 0 Å². The molecule has 2 nitrogen and oxygen atoms in total. The van der Waals surface area contributed by atoms with Crippen LogP contribution in [0.4, 0.5) is 0 Å². The van der Waals surface area contributed by atoms with Crippen molar-refractivity contribution in [2.24, 2.45) is 5.41 Å². The molecule has 0 rings (SSSR count). The van der Waals surface area contributed by atoms with Gasteiger partial charge in [-0.05, 0) is 85.0 Å². The van der Waals surface area contributed by atoms with Gasteiger partial charge in [-0.2, -0.15) is 0 Å². The second-order valence-corrected chi connectivity index (χ2v) is 9.04. The first kappa shape index (κ1) is 41.9. The molecule has 0 aromatic rings. The fourth-order valence-corrected chi connectivity index (χ4v) is 2.53. The lowest BCUT2D eigenvalue weighted by molar-refractivity contribution is -0.143. The van der Waals surface area contributed by atoms with Crippen LogP contribution in [0.5, 0.6) is 0 Å². The summed E-state index contributed by atoms with van der Waals surface area (Å²) < 4.78 is 4.89. The van der Waals surface area contributed by atoms with Gasteiger partial charge < -0.3 is 4.74 Å². The molecule has 0 saturated heterocycles. The van der Waals surface area contributed by atoms with E-state index in [2.05, 4.69) is 82.7 Å². The van der Waals surface area contributed by atoms with Crippen molar-refractivity contribution in [2.45, 2.75) is 149 Å². The Hall–Kier alpha value is -1.31. The van der Waals surface area contributed by atoms with Gasteiger partial charge in [-0.3, -0.25) is 4.79 Å². The zero-order valence-corrected chi connectivity index (χ0v) is 23.4. The molecule has 33 heavy (non-hydrogen) atoms. The highest BCUT2D eigenvalue weighted by molar-refractivity contribution is 5.69. The molecule has 0 fully saturated rings. The highest BCUT2D eigenvalue weighted by Gasteiger charge is 2.14. The third-order valence-electron chi connectivity index (χ3n) is 6.55. The van der Waals surface area contributed by atoms with Crippen LogP contribution in [0.15, 0.2) is 34.4 Å². The Morgan fingerprint density at radius 1 is 0.727 bits per heavy atom. The predicted molar refractivity (Wildman–Crippen MR) is 155 cm³/mol. The van der Waals surface area contributed by atoms with Crippen molar-refractivity contribution in [3.63, 3.8) is 0 Å². The summed E-state index contributed by atoms with van der Waals surface area (Å²) >= 11 is 0. The largest absolute Gasteiger partial charge is 0.466 e. The van der Waals surface area contributed by atoms with Crippen molar-refractivity contribution in [1.82, 2.24) is 0 Å². The standard InChI is InChI=1S/C13H24O2.2C8H16.2CH4/c1-5-11(4)12(6-2)9-8-10-13(14)15-7-3;1-6-8(4,5)7(2)3;1-5-7(3)8(4)6-2;;/h5-10H2,1-4H3;2,6H2,1,3-5H3;5-6H2,1-4H3;2*1H4/b12-11+;;8-7+;;. The maximum atomic E-state index is 11.1. The van der Waals surface area contributed by atoms with Crippen LogP contribution in [0.25, 0.3) is 0 Å². The van der Waals surface area contributed by atoms with Crippen LogP contribution in [0.2, 0.25) is 0 Å². The fraction of sp³-hybridized carbons (Fsp3) is 0.774. The van der Waals surface area contributed by atoms with Crippen LogP contribution in [-0.2, 0) is 9.53 Å². The summed E-state index contributed by atoms with van der Waals surface area (Å²) in [6.07, 6.45) is 8.31. The van der Waals surface area contributed by atoms with Crippen molar-refractivity contribution in [3.05, 3.63) is 34.4 Å². The Kier molecular flexibility index (Phi) is 32.1. The molecule has 0 aliphatic carbocycles. The number of carbonyl (C=O) groups excluding carboxylic acids is 1. The Labute approximate surface area is 211 Å². The van der Waals surface area contributed by atoms with E-state index in [1.54, 1.807) is 11.1 Å². The fourth-order valence-electron chi connectivity index (χ4n) is 2.53. The molecule has 0 saturated carbocycles. The molecule has 0 N–H and O–H groups in total. The smallest absolute Gasteiger partial charge is 0.305 e. The van der Waals surface area contributed by atoms with Crippen molar-refractivity contribution in [3.8, 4) is 0 Å². The van der Waals surface area contributed by atoms with E-state index in [1.807, 2.05) is 6.92 Å². The second kappa shape index (κ2) is 25.3. The molecule has 0 aromatic carbocycles. The first-order valence-electron chi connectivity index (χ1n) is 12.5. The summed E-state index contributed by atoms with van der Waals surface area (Å²) in [5.41, 5.74) is 7.70. The number of allylic oxidation sites excluding steroid dienone is 5. The van der Waals surface area contributed by atoms with Crippen LogP contribution < -0.4 is 0 Å². The van der Waals surface area contributed by atoms with Gasteiger partial charge >= 0.3 is 5.97 Å². The van der Waals surface area contributed by atoms with E-state index < -0.39 is 0 Å². The molecule has 0 aliphatic heterocycles. The first-order valence-corrected chi connectivity index (χ1v) is 12.5. The molecule has 2 heteroatoms. The molecule has 0 spiro atoms. The maximum absolute atomic E-state index is 11.1. The number of hydrogen-bond acceptors (Lipinski definition) is 2. The van der Waals surface area contributed by atoms with Crippen molar-refractivity contribution in [2.75, 3.05) is 6.61 Å². The highest BCUT2D eigenvalue weighted by atomic mass is 16.5. The molecule has 0 aromatic heterocycles. The van der Waals surface area contributed by atoms with Crippen molar-refractivity contribution in [1.29, 1.82) is 0 Å². The third kappa shape index (κ3) is 23.6. The van der Waals surface area contributed by atoms with Gasteiger partial charge in [-0.15, -0.1) is 0 Å². The molecule has 0 amide bonds. The van der Waals surface area contributed by atoms with Gasteiger partial charge in [0, 0.05) is 6.42 Å². The number of esters is 1. The number of rotatable bonds is 11.